The van der Waals surface area contributed by atoms with Gasteiger partial charge in [0.05, 0.1) is 37.5 Å². The number of carbonyl (C=O) groups excluding carboxylic acids is 3. The topological polar surface area (TPSA) is 142 Å². The molecule has 12 nitrogen and oxygen atoms in total. The number of nitrogens with one attached hydrogen (secondary N) is 3. The number of aliphatic hydroxyl groups is 1. The molecule has 2 aromatic carbocycles. The average Bonchev–Trinajstić information content (AvgIpc) is 3.10. The number of likely N-dealkylation sites (N-methyl/N-ethyl adjacent to an activating group) is 1. The highest BCUT2D eigenvalue weighted by atomic mass is 16.5. The van der Waals surface area contributed by atoms with E-state index in [1.807, 2.05) is 13.8 Å². The number of carbonyl (C=O) groups is 3. The predicted octanol–water partition coefficient (Wildman–Crippen LogP) is 6.11. The van der Waals surface area contributed by atoms with Crippen LogP contribution in [-0.4, -0.2) is 97.6 Å². The van der Waals surface area contributed by atoms with Gasteiger partial charge in [-0.05, 0) is 88.4 Å². The number of hydrogen-bond donors (Lipinski definition) is 4. The van der Waals surface area contributed by atoms with Crippen LogP contribution in [0.4, 0.5) is 21.0 Å². The first kappa shape index (κ1) is 37.8. The monoisotopic (exact) mass is 681 g/mol. The van der Waals surface area contributed by atoms with Gasteiger partial charge in [-0.1, -0.05) is 26.2 Å². The number of amides is 5. The minimum atomic E-state index is -0.518. The van der Waals surface area contributed by atoms with Gasteiger partial charge in [-0.15, -0.1) is 0 Å². The second-order valence-electron chi connectivity index (χ2n) is 13.5. The van der Waals surface area contributed by atoms with Crippen LogP contribution in [0.3, 0.4) is 0 Å². The molecule has 0 saturated heterocycles. The number of nitrogens with zero attached hydrogens (tertiary/aromatic N) is 2. The van der Waals surface area contributed by atoms with Crippen LogP contribution in [-0.2, 0) is 4.74 Å². The van der Waals surface area contributed by atoms with Gasteiger partial charge in [-0.3, -0.25) is 4.79 Å². The Hall–Kier alpha value is -4.03. The molecule has 270 valence electrons. The molecule has 4 atom stereocenters. The van der Waals surface area contributed by atoms with Gasteiger partial charge >= 0.3 is 12.1 Å². The molecule has 5 amide bonds. The average molecular weight is 682 g/mol. The van der Waals surface area contributed by atoms with Crippen LogP contribution < -0.4 is 25.4 Å². The highest BCUT2D eigenvalue weighted by Gasteiger charge is 2.31. The molecular formula is C37H55N5O7. The Bertz CT molecular complexity index is 1370. The van der Waals surface area contributed by atoms with Crippen molar-refractivity contribution in [3.63, 3.8) is 0 Å². The zero-order valence-corrected chi connectivity index (χ0v) is 29.7. The molecule has 49 heavy (non-hydrogen) atoms. The SMILES string of the molecule is COc1ccc(NC(=O)N(C)C[C@H]2OCCCC[C@H](C)Oc3ccc(NC(=O)NC4CCCCC4)cc3C(=O)N([C@@H](C)CO)C[C@@H]2C)cc1. The number of aliphatic hydroxyl groups excluding tert-OH is 1. The fourth-order valence-electron chi connectivity index (χ4n) is 6.31. The van der Waals surface area contributed by atoms with E-state index in [1.165, 1.54) is 6.42 Å². The van der Waals surface area contributed by atoms with Crippen molar-refractivity contribution in [3.8, 4) is 11.5 Å². The number of fused-ring (bicyclic) bond motifs is 1. The van der Waals surface area contributed by atoms with Crippen LogP contribution in [0.2, 0.25) is 0 Å². The number of benzene rings is 2. The minimum Gasteiger partial charge on any atom is -0.497 e. The molecule has 1 heterocycles. The zero-order valence-electron chi connectivity index (χ0n) is 29.7. The van der Waals surface area contributed by atoms with Gasteiger partial charge in [-0.2, -0.15) is 0 Å². The molecule has 1 aliphatic carbocycles. The smallest absolute Gasteiger partial charge is 0.321 e. The molecule has 2 aliphatic rings. The first-order chi connectivity index (χ1) is 23.6. The quantitative estimate of drug-likeness (QED) is 0.264. The van der Waals surface area contributed by atoms with Crippen LogP contribution in [0, 0.1) is 5.92 Å². The van der Waals surface area contributed by atoms with Crippen molar-refractivity contribution >= 4 is 29.3 Å². The van der Waals surface area contributed by atoms with Crippen LogP contribution in [0.5, 0.6) is 11.5 Å². The van der Waals surface area contributed by atoms with E-state index in [1.54, 1.807) is 73.3 Å². The van der Waals surface area contributed by atoms with E-state index in [2.05, 4.69) is 16.0 Å². The van der Waals surface area contributed by atoms with Crippen molar-refractivity contribution in [1.82, 2.24) is 15.1 Å². The Morgan fingerprint density at radius 3 is 2.39 bits per heavy atom. The minimum absolute atomic E-state index is 0.141. The maximum absolute atomic E-state index is 14.4. The fraction of sp³-hybridized carbons (Fsp3) is 0.595. The maximum Gasteiger partial charge on any atom is 0.321 e. The van der Waals surface area contributed by atoms with Gasteiger partial charge in [0.25, 0.3) is 5.91 Å². The van der Waals surface area contributed by atoms with Crippen molar-refractivity contribution in [1.29, 1.82) is 0 Å². The third kappa shape index (κ3) is 11.3. The largest absolute Gasteiger partial charge is 0.497 e. The lowest BCUT2D eigenvalue weighted by molar-refractivity contribution is -0.0115. The molecule has 4 N–H and O–H groups in total. The Balaban J connectivity index is 1.54. The van der Waals surface area contributed by atoms with Gasteiger partial charge in [-0.25, -0.2) is 9.59 Å². The van der Waals surface area contributed by atoms with Crippen molar-refractivity contribution in [2.24, 2.45) is 5.92 Å². The molecular weight excluding hydrogens is 626 g/mol. The van der Waals surface area contributed by atoms with Gasteiger partial charge in [0, 0.05) is 50.1 Å². The van der Waals surface area contributed by atoms with E-state index in [9.17, 15) is 19.5 Å². The molecule has 0 radical (unpaired) electrons. The third-order valence-corrected chi connectivity index (χ3v) is 9.39. The second-order valence-corrected chi connectivity index (χ2v) is 13.5. The van der Waals surface area contributed by atoms with Crippen LogP contribution in [0.1, 0.15) is 82.5 Å². The Labute approximate surface area is 290 Å². The van der Waals surface area contributed by atoms with Crippen LogP contribution in [0.15, 0.2) is 42.5 Å². The van der Waals surface area contributed by atoms with E-state index in [0.29, 0.717) is 41.6 Å². The summed E-state index contributed by atoms with van der Waals surface area (Å²) in [5.74, 6) is 0.593. The normalized spacial score (nSPS) is 21.7. The zero-order chi connectivity index (χ0) is 35.3. The van der Waals surface area contributed by atoms with Crippen molar-refractivity contribution < 1.29 is 33.7 Å². The lowest BCUT2D eigenvalue weighted by atomic mass is 9.96. The Morgan fingerprint density at radius 2 is 1.69 bits per heavy atom. The summed E-state index contributed by atoms with van der Waals surface area (Å²) in [5.41, 5.74) is 1.43. The summed E-state index contributed by atoms with van der Waals surface area (Å²) < 4.78 is 17.9. The van der Waals surface area contributed by atoms with E-state index >= 15 is 0 Å². The summed E-state index contributed by atoms with van der Waals surface area (Å²) in [6.07, 6.45) is 7.17. The number of ether oxygens (including phenoxy) is 3. The summed E-state index contributed by atoms with van der Waals surface area (Å²) in [6.45, 7) is 6.55. The van der Waals surface area contributed by atoms with Gasteiger partial charge in [0.2, 0.25) is 0 Å². The number of methoxy groups -OCH3 is 1. The molecule has 2 aromatic rings. The fourth-order valence-corrected chi connectivity index (χ4v) is 6.31. The van der Waals surface area contributed by atoms with Crippen molar-refractivity contribution in [3.05, 3.63) is 48.0 Å². The first-order valence-electron chi connectivity index (χ1n) is 17.7. The summed E-state index contributed by atoms with van der Waals surface area (Å²) >= 11 is 0. The number of hydrogen-bond acceptors (Lipinski definition) is 7. The van der Waals surface area contributed by atoms with E-state index < -0.39 is 6.04 Å². The molecule has 1 aliphatic heterocycles. The first-order valence-corrected chi connectivity index (χ1v) is 17.7. The molecule has 1 fully saturated rings. The van der Waals surface area contributed by atoms with E-state index in [4.69, 9.17) is 14.2 Å². The lowest BCUT2D eigenvalue weighted by Gasteiger charge is -2.35. The summed E-state index contributed by atoms with van der Waals surface area (Å²) in [6, 6.07) is 11.3. The number of rotatable bonds is 8. The molecule has 0 bridgehead atoms. The van der Waals surface area contributed by atoms with Crippen LogP contribution in [0.25, 0.3) is 0 Å². The standard InChI is InChI=1S/C37H55N5O7/c1-25-22-42(26(2)24-43)35(44)32-21-30(39-36(45)38-28-12-7-6-8-13-28)16-19-33(32)49-27(3)11-9-10-20-48-34(25)23-41(4)37(46)40-29-14-17-31(47-5)18-15-29/h14-19,21,25-28,34,43H,6-13,20,22-24H2,1-5H3,(H,40,46)(H2,38,39,45)/t25-,26-,27-,34+/m0/s1. The maximum atomic E-state index is 14.4. The lowest BCUT2D eigenvalue weighted by Crippen LogP contribution is -2.48. The molecule has 4 rings (SSSR count). The van der Waals surface area contributed by atoms with E-state index in [-0.39, 0.29) is 55.3 Å². The summed E-state index contributed by atoms with van der Waals surface area (Å²) in [5, 5.41) is 19.1. The molecule has 0 aromatic heterocycles. The number of anilines is 2. The Morgan fingerprint density at radius 1 is 1.00 bits per heavy atom. The van der Waals surface area contributed by atoms with Gasteiger partial charge in [0.15, 0.2) is 0 Å². The Kier molecular flexibility index (Phi) is 14.4. The molecule has 12 heteroatoms. The molecule has 0 unspecified atom stereocenters. The van der Waals surface area contributed by atoms with Gasteiger partial charge < -0.3 is 45.1 Å². The van der Waals surface area contributed by atoms with Crippen molar-refractivity contribution in [2.45, 2.75) is 96.4 Å². The molecule has 1 saturated carbocycles. The summed E-state index contributed by atoms with van der Waals surface area (Å²) in [7, 11) is 3.30. The number of urea groups is 2. The highest BCUT2D eigenvalue weighted by Crippen LogP contribution is 2.29. The highest BCUT2D eigenvalue weighted by molar-refractivity contribution is 5.99. The van der Waals surface area contributed by atoms with Crippen molar-refractivity contribution in [2.75, 3.05) is 51.1 Å². The molecule has 0 spiro atoms. The predicted molar refractivity (Wildman–Crippen MR) is 191 cm³/mol. The second kappa shape index (κ2) is 18.7. The third-order valence-electron chi connectivity index (χ3n) is 9.39. The van der Waals surface area contributed by atoms with Crippen LogP contribution >= 0.6 is 0 Å². The summed E-state index contributed by atoms with van der Waals surface area (Å²) in [4.78, 5) is 43.6. The van der Waals surface area contributed by atoms with E-state index in [0.717, 1.165) is 44.9 Å². The van der Waals surface area contributed by atoms with Gasteiger partial charge in [0.1, 0.15) is 11.5 Å².